The van der Waals surface area contributed by atoms with Gasteiger partial charge in [0.2, 0.25) is 0 Å². The molecule has 1 aromatic rings. The first-order valence-corrected chi connectivity index (χ1v) is 4.07. The van der Waals surface area contributed by atoms with E-state index in [9.17, 15) is 0 Å². The number of benzene rings is 1. The van der Waals surface area contributed by atoms with Crippen molar-refractivity contribution in [3.8, 4) is 0 Å². The Hall–Kier alpha value is 0.495. The number of fused-ring (bicyclic) bond motifs is 1. The molecule has 13 heavy (non-hydrogen) atoms. The smallest absolute Gasteiger partial charge is 0.666 e. The van der Waals surface area contributed by atoms with E-state index in [1.807, 2.05) is 6.92 Å². The molecule has 0 atom stereocenters. The number of aryl methyl sites for hydroxylation is 1. The first kappa shape index (κ1) is 11.6. The van der Waals surface area contributed by atoms with Crippen LogP contribution in [0.4, 0.5) is 5.69 Å². The van der Waals surface area contributed by atoms with Crippen LogP contribution in [0, 0.1) is 6.92 Å². The summed E-state index contributed by atoms with van der Waals surface area (Å²) in [5.41, 5.74) is 4.62. The Kier molecular flexibility index (Phi) is 4.30. The number of hydrogen-bond acceptors (Lipinski definition) is 1. The molecule has 62 valence electrons. The van der Waals surface area contributed by atoms with E-state index in [4.69, 9.17) is 0 Å². The van der Waals surface area contributed by atoms with Crippen molar-refractivity contribution in [2.75, 3.05) is 6.67 Å². The maximum absolute atomic E-state index is 4.30. The predicted molar refractivity (Wildman–Crippen MR) is 51.3 cm³/mol. The summed E-state index contributed by atoms with van der Waals surface area (Å²) in [5.74, 6) is 0. The van der Waals surface area contributed by atoms with Crippen LogP contribution in [-0.4, -0.2) is 12.4 Å². The zero-order valence-electron chi connectivity index (χ0n) is 8.33. The van der Waals surface area contributed by atoms with E-state index >= 15 is 0 Å². The second-order valence-corrected chi connectivity index (χ2v) is 3.06. The monoisotopic (exact) mass is 244 g/mol. The molecule has 0 amide bonds. The fraction of sp³-hybridized carbons (Fsp3) is 0.300. The van der Waals surface area contributed by atoms with Crippen molar-refractivity contribution in [3.05, 3.63) is 34.6 Å². The molecule has 0 saturated heterocycles. The third kappa shape index (κ3) is 2.49. The summed E-state index contributed by atoms with van der Waals surface area (Å²) in [5, 5.41) is 4.30. The largest absolute Gasteiger partial charge is 1.00 e. The third-order valence-corrected chi connectivity index (χ3v) is 2.09. The molecule has 1 aromatic carbocycles. The van der Waals surface area contributed by atoms with E-state index in [1.165, 1.54) is 11.1 Å². The Morgan fingerprint density at radius 3 is 2.85 bits per heavy atom. The average Bonchev–Trinajstić information content (AvgIpc) is 2.07. The van der Waals surface area contributed by atoms with Gasteiger partial charge in [-0.2, -0.15) is 0 Å². The van der Waals surface area contributed by atoms with E-state index in [0.717, 1.165) is 11.4 Å². The molecule has 0 unspecified atom stereocenters. The van der Waals surface area contributed by atoms with Crippen LogP contribution >= 0.6 is 0 Å². The Bertz CT molecular complexity index is 345. The summed E-state index contributed by atoms with van der Waals surface area (Å²) in [6, 6.07) is 6.28. The van der Waals surface area contributed by atoms with E-state index in [-0.39, 0.29) is 58.2 Å². The van der Waals surface area contributed by atoms with Gasteiger partial charge in [0.05, 0.1) is 0 Å². The minimum absolute atomic E-state index is 0. The number of aliphatic imine (C=N–C) groups is 1. The SMILES string of the molecule is CC1=NC[N-]c2ccc(C)cc21.[Rb+]. The van der Waals surface area contributed by atoms with Gasteiger partial charge in [0.1, 0.15) is 0 Å². The standard InChI is InChI=1S/C10H11N2.Rb/c1-7-3-4-10-9(5-7)8(2)11-6-12-10;/h3-5H,6H2,1-2H3;/q-1;+1. The van der Waals surface area contributed by atoms with Crippen LogP contribution in [0.1, 0.15) is 18.1 Å². The Morgan fingerprint density at radius 2 is 2.08 bits per heavy atom. The molecule has 0 bridgehead atoms. The normalized spacial score (nSPS) is 13.5. The van der Waals surface area contributed by atoms with E-state index < -0.39 is 0 Å². The molecule has 0 aromatic heterocycles. The van der Waals surface area contributed by atoms with Gasteiger partial charge in [0, 0.05) is 5.71 Å². The molecule has 1 aliphatic heterocycles. The second-order valence-electron chi connectivity index (χ2n) is 3.06. The van der Waals surface area contributed by atoms with Crippen LogP contribution in [0.15, 0.2) is 23.2 Å². The van der Waals surface area contributed by atoms with Crippen molar-refractivity contribution in [2.45, 2.75) is 13.8 Å². The van der Waals surface area contributed by atoms with Gasteiger partial charge in [-0.1, -0.05) is 23.8 Å². The number of rotatable bonds is 0. The van der Waals surface area contributed by atoms with Gasteiger partial charge in [-0.15, -0.1) is 5.69 Å². The van der Waals surface area contributed by atoms with Crippen molar-refractivity contribution >= 4 is 11.4 Å². The molecule has 1 heterocycles. The summed E-state index contributed by atoms with van der Waals surface area (Å²) in [6.07, 6.45) is 0. The number of hydrogen-bond donors (Lipinski definition) is 0. The minimum atomic E-state index is 0. The van der Waals surface area contributed by atoms with Crippen molar-refractivity contribution < 1.29 is 58.2 Å². The predicted octanol–water partition coefficient (Wildman–Crippen LogP) is -0.216. The van der Waals surface area contributed by atoms with Gasteiger partial charge < -0.3 is 10.3 Å². The molecule has 2 rings (SSSR count). The van der Waals surface area contributed by atoms with Gasteiger partial charge in [0.15, 0.2) is 0 Å². The second kappa shape index (κ2) is 4.83. The maximum atomic E-state index is 4.30. The molecule has 0 radical (unpaired) electrons. The topological polar surface area (TPSA) is 26.5 Å². The van der Waals surface area contributed by atoms with E-state index in [1.54, 1.807) is 0 Å². The van der Waals surface area contributed by atoms with Crippen LogP contribution in [0.2, 0.25) is 0 Å². The van der Waals surface area contributed by atoms with Gasteiger partial charge in [0.25, 0.3) is 0 Å². The fourth-order valence-electron chi connectivity index (χ4n) is 1.38. The number of nitrogens with zero attached hydrogens (tertiary/aromatic N) is 2. The molecule has 3 heteroatoms. The van der Waals surface area contributed by atoms with Crippen molar-refractivity contribution in [3.63, 3.8) is 0 Å². The zero-order valence-corrected chi connectivity index (χ0v) is 13.2. The molecular formula is C10H11N2Rb. The summed E-state index contributed by atoms with van der Waals surface area (Å²) in [4.78, 5) is 4.26. The molecule has 0 saturated carbocycles. The fourth-order valence-corrected chi connectivity index (χ4v) is 1.38. The van der Waals surface area contributed by atoms with Crippen LogP contribution in [0.3, 0.4) is 0 Å². The van der Waals surface area contributed by atoms with Crippen molar-refractivity contribution in [1.82, 2.24) is 0 Å². The summed E-state index contributed by atoms with van der Waals surface area (Å²) < 4.78 is 0. The van der Waals surface area contributed by atoms with Gasteiger partial charge in [-0.3, -0.25) is 0 Å². The van der Waals surface area contributed by atoms with Crippen molar-refractivity contribution in [2.24, 2.45) is 4.99 Å². The van der Waals surface area contributed by atoms with Crippen LogP contribution < -0.4 is 58.2 Å². The van der Waals surface area contributed by atoms with Crippen LogP contribution in [0.5, 0.6) is 0 Å². The van der Waals surface area contributed by atoms with Crippen molar-refractivity contribution in [1.29, 1.82) is 0 Å². The Balaban J connectivity index is 0.000000845. The Morgan fingerprint density at radius 1 is 1.31 bits per heavy atom. The molecular weight excluding hydrogens is 234 g/mol. The summed E-state index contributed by atoms with van der Waals surface area (Å²) in [7, 11) is 0. The molecule has 1 aliphatic rings. The van der Waals surface area contributed by atoms with E-state index in [2.05, 4.69) is 35.4 Å². The summed E-state index contributed by atoms with van der Waals surface area (Å²) >= 11 is 0. The Labute approximate surface area is 128 Å². The zero-order chi connectivity index (χ0) is 8.55. The van der Waals surface area contributed by atoms with E-state index in [0.29, 0.717) is 6.67 Å². The molecule has 0 aliphatic carbocycles. The first-order chi connectivity index (χ1) is 5.77. The molecule has 0 N–H and O–H groups in total. The van der Waals surface area contributed by atoms with Gasteiger partial charge >= 0.3 is 58.2 Å². The first-order valence-electron chi connectivity index (χ1n) is 4.07. The molecule has 0 fully saturated rings. The van der Waals surface area contributed by atoms with Gasteiger partial charge in [-0.25, -0.2) is 0 Å². The van der Waals surface area contributed by atoms with Gasteiger partial charge in [-0.05, 0) is 26.1 Å². The quantitative estimate of drug-likeness (QED) is 0.604. The van der Waals surface area contributed by atoms with Crippen LogP contribution in [-0.2, 0) is 0 Å². The minimum Gasteiger partial charge on any atom is -0.666 e. The molecule has 2 nitrogen and oxygen atoms in total. The van der Waals surface area contributed by atoms with Crippen LogP contribution in [0.25, 0.3) is 5.32 Å². The molecule has 0 spiro atoms. The average molecular weight is 245 g/mol. The summed E-state index contributed by atoms with van der Waals surface area (Å²) in [6.45, 7) is 4.71. The third-order valence-electron chi connectivity index (χ3n) is 2.09. The maximum Gasteiger partial charge on any atom is 1.00 e.